The summed E-state index contributed by atoms with van der Waals surface area (Å²) in [5.41, 5.74) is -1.01. The predicted molar refractivity (Wildman–Crippen MR) is 57.0 cm³/mol. The zero-order valence-electron chi connectivity index (χ0n) is 9.72. The molecule has 0 atom stereocenters. The molecule has 1 aliphatic carbocycles. The third kappa shape index (κ3) is 4.75. The van der Waals surface area contributed by atoms with Crippen LogP contribution in [0.25, 0.3) is 0 Å². The number of esters is 1. The minimum Gasteiger partial charge on any atom is -0.466 e. The van der Waals surface area contributed by atoms with Crippen LogP contribution in [0.2, 0.25) is 0 Å². The van der Waals surface area contributed by atoms with Crippen LogP contribution in [0.3, 0.4) is 0 Å². The Balaban J connectivity index is 2.69. The second-order valence-corrected chi connectivity index (χ2v) is 3.99. The third-order valence-electron chi connectivity index (χ3n) is 2.61. The summed E-state index contributed by atoms with van der Waals surface area (Å²) in [4.78, 5) is 14.7. The SMILES string of the molecule is CCOC(=O)C/C(=N/C1CCCC1)C(F)(F)F. The lowest BCUT2D eigenvalue weighted by Crippen LogP contribution is -2.28. The maximum Gasteiger partial charge on any atom is 0.429 e. The van der Waals surface area contributed by atoms with E-state index in [0.29, 0.717) is 12.8 Å². The van der Waals surface area contributed by atoms with Crippen LogP contribution < -0.4 is 0 Å². The minimum absolute atomic E-state index is 0.0768. The smallest absolute Gasteiger partial charge is 0.429 e. The quantitative estimate of drug-likeness (QED) is 0.569. The maximum absolute atomic E-state index is 12.6. The van der Waals surface area contributed by atoms with Gasteiger partial charge in [-0.2, -0.15) is 13.2 Å². The lowest BCUT2D eigenvalue weighted by atomic mass is 10.2. The number of hydrogen-bond acceptors (Lipinski definition) is 3. The first kappa shape index (κ1) is 14.0. The second-order valence-electron chi connectivity index (χ2n) is 3.99. The van der Waals surface area contributed by atoms with Gasteiger partial charge in [-0.1, -0.05) is 12.8 Å². The average Bonchev–Trinajstić information content (AvgIpc) is 2.68. The van der Waals surface area contributed by atoms with Gasteiger partial charge in [-0.15, -0.1) is 0 Å². The van der Waals surface area contributed by atoms with Gasteiger partial charge in [0.15, 0.2) is 0 Å². The molecule has 0 heterocycles. The van der Waals surface area contributed by atoms with Crippen LogP contribution in [0.1, 0.15) is 39.0 Å². The summed E-state index contributed by atoms with van der Waals surface area (Å²) in [6, 6.07) is -0.291. The van der Waals surface area contributed by atoms with E-state index in [1.165, 1.54) is 0 Å². The van der Waals surface area contributed by atoms with Crippen LogP contribution in [-0.2, 0) is 9.53 Å². The fourth-order valence-electron chi connectivity index (χ4n) is 1.82. The highest BCUT2D eigenvalue weighted by Gasteiger charge is 2.38. The van der Waals surface area contributed by atoms with Gasteiger partial charge in [-0.3, -0.25) is 9.79 Å². The summed E-state index contributed by atoms with van der Waals surface area (Å²) in [7, 11) is 0. The van der Waals surface area contributed by atoms with Crippen LogP contribution in [0, 0.1) is 0 Å². The van der Waals surface area contributed by atoms with E-state index in [1.54, 1.807) is 6.92 Å². The van der Waals surface area contributed by atoms with Crippen molar-refractivity contribution in [3.05, 3.63) is 0 Å². The fraction of sp³-hybridized carbons (Fsp3) is 0.818. The monoisotopic (exact) mass is 251 g/mol. The highest BCUT2D eigenvalue weighted by Crippen LogP contribution is 2.26. The Morgan fingerprint density at radius 3 is 2.41 bits per heavy atom. The Labute approximate surface area is 98.0 Å². The lowest BCUT2D eigenvalue weighted by molar-refractivity contribution is -0.142. The summed E-state index contributed by atoms with van der Waals surface area (Å²) in [6.45, 7) is 1.63. The van der Waals surface area contributed by atoms with Gasteiger partial charge in [0, 0.05) is 0 Å². The Morgan fingerprint density at radius 2 is 1.94 bits per heavy atom. The number of carbonyl (C=O) groups is 1. The summed E-state index contributed by atoms with van der Waals surface area (Å²) < 4.78 is 42.4. The number of nitrogens with zero attached hydrogens (tertiary/aromatic N) is 1. The lowest BCUT2D eigenvalue weighted by Gasteiger charge is -2.12. The molecule has 0 N–H and O–H groups in total. The van der Waals surface area contributed by atoms with Gasteiger partial charge in [-0.05, 0) is 19.8 Å². The average molecular weight is 251 g/mol. The molecule has 0 aromatic carbocycles. The van der Waals surface area contributed by atoms with Crippen molar-refractivity contribution < 1.29 is 22.7 Å². The fourth-order valence-corrected chi connectivity index (χ4v) is 1.82. The molecule has 1 aliphatic rings. The largest absolute Gasteiger partial charge is 0.466 e. The van der Waals surface area contributed by atoms with Crippen molar-refractivity contribution in [2.45, 2.75) is 51.2 Å². The van der Waals surface area contributed by atoms with Crippen molar-refractivity contribution in [2.75, 3.05) is 6.61 Å². The molecule has 0 aliphatic heterocycles. The van der Waals surface area contributed by atoms with E-state index in [2.05, 4.69) is 9.73 Å². The predicted octanol–water partition coefficient (Wildman–Crippen LogP) is 2.89. The summed E-state index contributed by atoms with van der Waals surface area (Å²) in [6.07, 6.45) is -2.19. The van der Waals surface area contributed by atoms with Crippen LogP contribution in [0.15, 0.2) is 4.99 Å². The molecule has 1 rings (SSSR count). The number of rotatable bonds is 4. The third-order valence-corrected chi connectivity index (χ3v) is 2.61. The van der Waals surface area contributed by atoms with Gasteiger partial charge in [-0.25, -0.2) is 0 Å². The first-order chi connectivity index (χ1) is 7.93. The molecule has 0 bridgehead atoms. The number of alkyl halides is 3. The van der Waals surface area contributed by atoms with E-state index in [0.717, 1.165) is 12.8 Å². The zero-order valence-corrected chi connectivity index (χ0v) is 9.72. The van der Waals surface area contributed by atoms with E-state index < -0.39 is 24.3 Å². The number of ether oxygens (including phenoxy) is 1. The Kier molecular flexibility index (Phi) is 4.96. The number of halogens is 3. The minimum atomic E-state index is -4.55. The van der Waals surface area contributed by atoms with Crippen LogP contribution in [0.4, 0.5) is 13.2 Å². The molecule has 0 radical (unpaired) electrons. The van der Waals surface area contributed by atoms with Gasteiger partial charge in [0.25, 0.3) is 0 Å². The van der Waals surface area contributed by atoms with Gasteiger partial charge in [0.05, 0.1) is 19.1 Å². The summed E-state index contributed by atoms with van der Waals surface area (Å²) in [5, 5.41) is 0. The zero-order chi connectivity index (χ0) is 12.9. The van der Waals surface area contributed by atoms with E-state index >= 15 is 0 Å². The van der Waals surface area contributed by atoms with Crippen molar-refractivity contribution in [3.8, 4) is 0 Å². The van der Waals surface area contributed by atoms with Crippen molar-refractivity contribution >= 4 is 11.7 Å². The highest BCUT2D eigenvalue weighted by molar-refractivity contribution is 6.02. The molecule has 1 fully saturated rings. The van der Waals surface area contributed by atoms with Gasteiger partial charge < -0.3 is 4.74 Å². The van der Waals surface area contributed by atoms with Crippen LogP contribution in [-0.4, -0.2) is 30.5 Å². The first-order valence-corrected chi connectivity index (χ1v) is 5.73. The molecule has 6 heteroatoms. The first-order valence-electron chi connectivity index (χ1n) is 5.73. The van der Waals surface area contributed by atoms with Gasteiger partial charge >= 0.3 is 12.1 Å². The van der Waals surface area contributed by atoms with Crippen molar-refractivity contribution in [1.82, 2.24) is 0 Å². The molecule has 0 saturated heterocycles. The van der Waals surface area contributed by atoms with E-state index in [-0.39, 0.29) is 12.6 Å². The number of carbonyl (C=O) groups excluding carboxylic acids is 1. The molecule has 3 nitrogen and oxygen atoms in total. The molecule has 0 aromatic rings. The standard InChI is InChI=1S/C11H16F3NO2/c1-2-17-10(16)7-9(11(12,13)14)15-8-5-3-4-6-8/h8H,2-7H2,1H3/b15-9-. The van der Waals surface area contributed by atoms with Crippen molar-refractivity contribution in [3.63, 3.8) is 0 Å². The summed E-state index contributed by atoms with van der Waals surface area (Å²) in [5.74, 6) is -0.874. The maximum atomic E-state index is 12.6. The number of hydrogen-bond donors (Lipinski definition) is 0. The molecule has 98 valence electrons. The molecule has 1 saturated carbocycles. The number of aliphatic imine (C=N–C) groups is 1. The van der Waals surface area contributed by atoms with E-state index in [1.807, 2.05) is 0 Å². The van der Waals surface area contributed by atoms with Gasteiger partial charge in [0.2, 0.25) is 0 Å². The van der Waals surface area contributed by atoms with Crippen molar-refractivity contribution in [2.24, 2.45) is 4.99 Å². The molecule has 0 aromatic heterocycles. The van der Waals surface area contributed by atoms with Gasteiger partial charge in [0.1, 0.15) is 5.71 Å². The molecule has 0 unspecified atom stereocenters. The Bertz CT molecular complexity index is 294. The van der Waals surface area contributed by atoms with Crippen LogP contribution >= 0.6 is 0 Å². The molecule has 0 spiro atoms. The molecule has 17 heavy (non-hydrogen) atoms. The molecule has 0 amide bonds. The Hall–Kier alpha value is -1.07. The Morgan fingerprint density at radius 1 is 1.35 bits per heavy atom. The topological polar surface area (TPSA) is 38.7 Å². The molecular formula is C11H16F3NO2. The van der Waals surface area contributed by atoms with Crippen molar-refractivity contribution in [1.29, 1.82) is 0 Å². The normalized spacial score (nSPS) is 18.5. The van der Waals surface area contributed by atoms with E-state index in [4.69, 9.17) is 0 Å². The molecular weight excluding hydrogens is 235 g/mol. The highest BCUT2D eigenvalue weighted by atomic mass is 19.4. The summed E-state index contributed by atoms with van der Waals surface area (Å²) >= 11 is 0. The van der Waals surface area contributed by atoms with E-state index in [9.17, 15) is 18.0 Å². The van der Waals surface area contributed by atoms with Crippen LogP contribution in [0.5, 0.6) is 0 Å². The second kappa shape index (κ2) is 6.02.